The smallest absolute Gasteiger partial charge is 0.435 e. The lowest BCUT2D eigenvalue weighted by Crippen LogP contribution is -2.34. The number of carbonyl (C=O) groups is 1. The van der Waals surface area contributed by atoms with Gasteiger partial charge in [-0.05, 0) is 62.1 Å². The van der Waals surface area contributed by atoms with Gasteiger partial charge in [0.2, 0.25) is 0 Å². The molecule has 4 rings (SSSR count). The highest BCUT2D eigenvalue weighted by molar-refractivity contribution is 7.90. The SMILES string of the molecule is COc1c(Oc2nnc(C(F)(F)F)c(C)c2C(=O)Nc2cccc(S(C)(=O)=O)c2)ccc(C2(O)CCC2)c1F. The van der Waals surface area contributed by atoms with Crippen LogP contribution >= 0.6 is 0 Å². The number of amides is 1. The van der Waals surface area contributed by atoms with Crippen molar-refractivity contribution < 1.29 is 45.4 Å². The quantitative estimate of drug-likeness (QED) is 0.390. The van der Waals surface area contributed by atoms with E-state index in [4.69, 9.17) is 9.47 Å². The molecule has 1 heterocycles. The fourth-order valence-electron chi connectivity index (χ4n) is 4.16. The Morgan fingerprint density at radius 2 is 1.85 bits per heavy atom. The number of nitrogens with zero attached hydrogens (tertiary/aromatic N) is 2. The third-order valence-corrected chi connectivity index (χ3v) is 7.46. The fraction of sp³-hybridized carbons (Fsp3) is 0.320. The Morgan fingerprint density at radius 1 is 1.15 bits per heavy atom. The Morgan fingerprint density at radius 3 is 2.41 bits per heavy atom. The molecule has 1 amide bonds. The van der Waals surface area contributed by atoms with Gasteiger partial charge in [0.1, 0.15) is 5.56 Å². The average Bonchev–Trinajstić information content (AvgIpc) is 2.82. The zero-order chi connectivity index (χ0) is 28.8. The molecule has 1 aliphatic rings. The molecule has 39 heavy (non-hydrogen) atoms. The van der Waals surface area contributed by atoms with Crippen molar-refractivity contribution in [3.05, 3.63) is 64.6 Å². The van der Waals surface area contributed by atoms with Crippen molar-refractivity contribution in [2.45, 2.75) is 42.9 Å². The van der Waals surface area contributed by atoms with Crippen LogP contribution in [-0.2, 0) is 21.6 Å². The minimum Gasteiger partial charge on any atom is -0.490 e. The predicted octanol–water partition coefficient (Wildman–Crippen LogP) is 4.77. The van der Waals surface area contributed by atoms with Gasteiger partial charge in [-0.3, -0.25) is 4.79 Å². The lowest BCUT2D eigenvalue weighted by molar-refractivity contribution is -0.142. The molecule has 0 aliphatic heterocycles. The van der Waals surface area contributed by atoms with E-state index in [0.717, 1.165) is 26.4 Å². The Hall–Kier alpha value is -3.78. The molecular formula is C25H23F4N3O6S. The number of hydrogen-bond donors (Lipinski definition) is 2. The number of anilines is 1. The molecule has 1 fully saturated rings. The number of aromatic nitrogens is 2. The maximum atomic E-state index is 15.3. The average molecular weight is 570 g/mol. The summed E-state index contributed by atoms with van der Waals surface area (Å²) in [5.41, 5.74) is -4.20. The van der Waals surface area contributed by atoms with Crippen LogP contribution in [0, 0.1) is 12.7 Å². The van der Waals surface area contributed by atoms with Crippen molar-refractivity contribution in [2.24, 2.45) is 0 Å². The van der Waals surface area contributed by atoms with E-state index in [1.54, 1.807) is 0 Å². The third kappa shape index (κ3) is 5.52. The highest BCUT2D eigenvalue weighted by Gasteiger charge is 2.41. The second kappa shape index (κ2) is 10.1. The number of halogens is 4. The number of nitrogens with one attached hydrogen (secondary N) is 1. The molecule has 0 atom stereocenters. The first-order valence-corrected chi connectivity index (χ1v) is 13.4. The van der Waals surface area contributed by atoms with Gasteiger partial charge >= 0.3 is 6.18 Å². The zero-order valence-electron chi connectivity index (χ0n) is 20.9. The normalized spacial score (nSPS) is 14.9. The summed E-state index contributed by atoms with van der Waals surface area (Å²) in [6.07, 6.45) is -2.65. The molecule has 14 heteroatoms. The van der Waals surface area contributed by atoms with Gasteiger partial charge in [0.25, 0.3) is 11.8 Å². The number of ether oxygens (including phenoxy) is 2. The number of rotatable bonds is 7. The summed E-state index contributed by atoms with van der Waals surface area (Å²) in [5.74, 6) is -3.53. The van der Waals surface area contributed by atoms with Gasteiger partial charge in [0.05, 0.1) is 17.6 Å². The number of carbonyl (C=O) groups excluding carboxylic acids is 1. The molecule has 0 saturated heterocycles. The lowest BCUT2D eigenvalue weighted by Gasteiger charge is -2.37. The first kappa shape index (κ1) is 28.2. The minimum absolute atomic E-state index is 0.0274. The fourth-order valence-corrected chi connectivity index (χ4v) is 4.83. The van der Waals surface area contributed by atoms with Gasteiger partial charge in [-0.15, -0.1) is 10.2 Å². The maximum absolute atomic E-state index is 15.3. The van der Waals surface area contributed by atoms with Crippen LogP contribution in [0.1, 0.15) is 46.4 Å². The van der Waals surface area contributed by atoms with Crippen molar-refractivity contribution in [2.75, 3.05) is 18.7 Å². The zero-order valence-corrected chi connectivity index (χ0v) is 21.7. The van der Waals surface area contributed by atoms with Gasteiger partial charge in [0, 0.05) is 17.5 Å². The number of sulfone groups is 1. The molecule has 2 aromatic carbocycles. The van der Waals surface area contributed by atoms with Gasteiger partial charge in [0.15, 0.2) is 32.8 Å². The van der Waals surface area contributed by atoms with E-state index in [-0.39, 0.29) is 21.9 Å². The van der Waals surface area contributed by atoms with Gasteiger partial charge < -0.3 is 19.9 Å². The predicted molar refractivity (Wildman–Crippen MR) is 130 cm³/mol. The molecule has 208 valence electrons. The Bertz CT molecular complexity index is 1560. The lowest BCUT2D eigenvalue weighted by atomic mass is 9.75. The van der Waals surface area contributed by atoms with Crippen LogP contribution in [-0.4, -0.2) is 43.0 Å². The van der Waals surface area contributed by atoms with Crippen molar-refractivity contribution in [1.29, 1.82) is 0 Å². The highest BCUT2D eigenvalue weighted by Crippen LogP contribution is 2.46. The molecule has 0 unspecified atom stereocenters. The highest BCUT2D eigenvalue weighted by atomic mass is 32.2. The van der Waals surface area contributed by atoms with E-state index in [1.165, 1.54) is 30.3 Å². The van der Waals surface area contributed by atoms with Crippen LogP contribution in [0.2, 0.25) is 0 Å². The molecule has 3 aromatic rings. The molecule has 1 saturated carbocycles. The van der Waals surface area contributed by atoms with Crippen molar-refractivity contribution in [1.82, 2.24) is 10.2 Å². The summed E-state index contributed by atoms with van der Waals surface area (Å²) in [6, 6.07) is 7.58. The molecule has 2 N–H and O–H groups in total. The summed E-state index contributed by atoms with van der Waals surface area (Å²) >= 11 is 0. The van der Waals surface area contributed by atoms with E-state index in [0.29, 0.717) is 19.3 Å². The van der Waals surface area contributed by atoms with Crippen molar-refractivity contribution >= 4 is 21.4 Å². The van der Waals surface area contributed by atoms with Crippen LogP contribution in [0.15, 0.2) is 41.3 Å². The van der Waals surface area contributed by atoms with E-state index in [9.17, 15) is 31.5 Å². The molecule has 9 nitrogen and oxygen atoms in total. The number of hydrogen-bond acceptors (Lipinski definition) is 8. The van der Waals surface area contributed by atoms with Crippen molar-refractivity contribution in [3.63, 3.8) is 0 Å². The monoisotopic (exact) mass is 569 g/mol. The van der Waals surface area contributed by atoms with E-state index in [2.05, 4.69) is 15.5 Å². The number of aliphatic hydroxyl groups is 1. The standard InChI is InChI=1S/C25H23F4N3O6S/c1-13-18(22(33)30-14-6-4-7-15(12-14)39(3,35)36)23(32-31-21(13)25(27,28)29)38-17-9-8-16(19(26)20(17)37-2)24(34)10-5-11-24/h4,6-9,12,34H,5,10-11H2,1-3H3,(H,30,33). The second-order valence-electron chi connectivity index (χ2n) is 9.05. The Kier molecular flexibility index (Phi) is 7.29. The molecule has 1 aliphatic carbocycles. The van der Waals surface area contributed by atoms with E-state index >= 15 is 4.39 Å². The first-order valence-electron chi connectivity index (χ1n) is 11.5. The maximum Gasteiger partial charge on any atom is 0.435 e. The van der Waals surface area contributed by atoms with Crippen LogP contribution in [0.25, 0.3) is 0 Å². The summed E-state index contributed by atoms with van der Waals surface area (Å²) in [5, 5.41) is 19.5. The van der Waals surface area contributed by atoms with Gasteiger partial charge in [-0.1, -0.05) is 6.07 Å². The number of benzene rings is 2. The summed E-state index contributed by atoms with van der Waals surface area (Å²) in [6.45, 7) is 0.985. The number of methoxy groups -OCH3 is 1. The van der Waals surface area contributed by atoms with E-state index in [1.807, 2.05) is 0 Å². The summed E-state index contributed by atoms with van der Waals surface area (Å²) in [4.78, 5) is 13.1. The molecular weight excluding hydrogens is 546 g/mol. The first-order chi connectivity index (χ1) is 18.2. The molecule has 1 aromatic heterocycles. The second-order valence-corrected chi connectivity index (χ2v) is 11.1. The minimum atomic E-state index is -4.97. The molecule has 0 radical (unpaired) electrons. The van der Waals surface area contributed by atoms with Crippen LogP contribution in [0.4, 0.5) is 23.2 Å². The summed E-state index contributed by atoms with van der Waals surface area (Å²) < 4.78 is 90.5. The van der Waals surface area contributed by atoms with Gasteiger partial charge in [-0.2, -0.15) is 13.2 Å². The van der Waals surface area contributed by atoms with Crippen LogP contribution < -0.4 is 14.8 Å². The van der Waals surface area contributed by atoms with Gasteiger partial charge in [-0.25, -0.2) is 12.8 Å². The van der Waals surface area contributed by atoms with Crippen molar-refractivity contribution in [3.8, 4) is 17.4 Å². The largest absolute Gasteiger partial charge is 0.490 e. The topological polar surface area (TPSA) is 128 Å². The molecule has 0 spiro atoms. The molecule has 0 bridgehead atoms. The van der Waals surface area contributed by atoms with Crippen LogP contribution in [0.5, 0.6) is 17.4 Å². The van der Waals surface area contributed by atoms with E-state index < -0.39 is 61.8 Å². The Balaban J connectivity index is 1.78. The number of alkyl halides is 3. The Labute approximate surface area is 220 Å². The summed E-state index contributed by atoms with van der Waals surface area (Å²) in [7, 11) is -2.52. The van der Waals surface area contributed by atoms with Crippen LogP contribution in [0.3, 0.4) is 0 Å². The third-order valence-electron chi connectivity index (χ3n) is 6.35.